The van der Waals surface area contributed by atoms with Crippen LogP contribution in [0.4, 0.5) is 0 Å². The Balaban J connectivity index is 0.000000140. The highest BCUT2D eigenvalue weighted by molar-refractivity contribution is 7.26. The number of rotatable bonds is 9. The summed E-state index contributed by atoms with van der Waals surface area (Å²) in [6.07, 6.45) is 0. The fourth-order valence-electron chi connectivity index (χ4n) is 17.1. The van der Waals surface area contributed by atoms with Gasteiger partial charge in [-0.05, 0) is 150 Å². The molecule has 0 N–H and O–H groups in total. The predicted octanol–water partition coefficient (Wildman–Crippen LogP) is 27.5. The molecule has 0 aliphatic heterocycles. The lowest BCUT2D eigenvalue weighted by molar-refractivity contribution is 0.666. The lowest BCUT2D eigenvalue weighted by Crippen LogP contribution is -2.15. The molecule has 22 rings (SSSR count). The van der Waals surface area contributed by atoms with E-state index in [0.717, 1.165) is 66.4 Å². The molecule has 7 heteroatoms. The quantitative estimate of drug-likeness (QED) is 0.134. The van der Waals surface area contributed by atoms with E-state index in [0.29, 0.717) is 34.9 Å². The minimum atomic E-state index is -0.121. The number of hydrogen-bond acceptors (Lipinski definition) is 7. The Hall–Kier alpha value is -14.0. The standard InChI is InChI=1S/C52H35N3.C51H31N3S/c1-52(2)44-20-12-11-19-42(44)43-30-26-34-22-21-33-23-24-37-31-38(27-29-40(37)45(33)46(34)48(43)52)41-28-25-32-13-9-10-18-39(32)47(41)51-54-49(35-14-5-3-6-15-35)53-50(55-51)36-16-7-4-8-17-36;1-3-12-34(13-4-1)49-52-50(35-14-5-2-6-15-35)54-51(53-49)39-17-11-16-36(31-39)40-18-7-8-19-41(40)37-27-28-42-38(30-37)25-24-32-22-23-33-26-29-44-43-20-9-10-21-45(43)55-48(44)47(33)46(32)42/h3-31H,1-2H3;1-31H. The second-order valence-corrected chi connectivity index (χ2v) is 30.2. The molecule has 0 unspecified atom stereocenters. The van der Waals surface area contributed by atoms with Crippen molar-refractivity contribution in [3.8, 4) is 113 Å². The van der Waals surface area contributed by atoms with E-state index in [-0.39, 0.29) is 5.41 Å². The molecule has 1 aliphatic rings. The molecule has 0 atom stereocenters. The number of aromatic nitrogens is 6. The van der Waals surface area contributed by atoms with E-state index in [1.807, 2.05) is 108 Å². The normalized spacial score (nSPS) is 12.3. The second-order valence-electron chi connectivity index (χ2n) is 29.1. The van der Waals surface area contributed by atoms with Crippen molar-refractivity contribution in [2.75, 3.05) is 0 Å². The van der Waals surface area contributed by atoms with Crippen LogP contribution in [0, 0.1) is 0 Å². The molecule has 0 fully saturated rings. The molecule has 1 aliphatic carbocycles. The van der Waals surface area contributed by atoms with Crippen LogP contribution < -0.4 is 0 Å². The van der Waals surface area contributed by atoms with E-state index >= 15 is 0 Å². The molecule has 0 saturated carbocycles. The van der Waals surface area contributed by atoms with Gasteiger partial charge in [-0.3, -0.25) is 0 Å². The highest BCUT2D eigenvalue weighted by atomic mass is 32.1. The third-order valence-electron chi connectivity index (χ3n) is 22.4. The van der Waals surface area contributed by atoms with Crippen molar-refractivity contribution >= 4 is 107 Å². The predicted molar refractivity (Wildman–Crippen MR) is 462 cm³/mol. The zero-order valence-electron chi connectivity index (χ0n) is 60.2. The summed E-state index contributed by atoms with van der Waals surface area (Å²) in [6.45, 7) is 4.77. The molecule has 0 bridgehead atoms. The first-order valence-corrected chi connectivity index (χ1v) is 38.3. The summed E-state index contributed by atoms with van der Waals surface area (Å²) >= 11 is 1.90. The highest BCUT2D eigenvalue weighted by Crippen LogP contribution is 2.54. The molecule has 514 valence electrons. The van der Waals surface area contributed by atoms with Gasteiger partial charge >= 0.3 is 0 Å². The van der Waals surface area contributed by atoms with Gasteiger partial charge in [0, 0.05) is 64.4 Å². The average molecular weight is 1420 g/mol. The zero-order valence-corrected chi connectivity index (χ0v) is 61.0. The summed E-state index contributed by atoms with van der Waals surface area (Å²) < 4.78 is 2.69. The summed E-state index contributed by atoms with van der Waals surface area (Å²) in [5.41, 5.74) is 17.9. The zero-order chi connectivity index (χ0) is 73.0. The maximum absolute atomic E-state index is 5.21. The Morgan fingerprint density at radius 3 is 1.18 bits per heavy atom. The number of nitrogens with zero attached hydrogens (tertiary/aromatic N) is 6. The SMILES string of the molecule is CC1(C)c2ccccc2-c2ccc3ccc4ccc5cc(-c6ccc7ccccc7c6-c6nc(-c7ccccc7)nc(-c7ccccc7)n6)ccc5c4c3c21.c1ccc(-c2nc(-c3ccccc3)nc(-c3cccc(-c4ccccc4-c4ccc5c(ccc6ccc7ccc8c9ccccc9sc8c7c65)c4)c3)n2)cc1. The number of benzene rings is 18. The molecule has 0 amide bonds. The number of hydrogen-bond donors (Lipinski definition) is 0. The van der Waals surface area contributed by atoms with E-state index in [4.69, 9.17) is 29.9 Å². The fraction of sp³-hybridized carbons (Fsp3) is 0.0291. The smallest absolute Gasteiger partial charge is 0.165 e. The van der Waals surface area contributed by atoms with E-state index < -0.39 is 0 Å². The molecule has 110 heavy (non-hydrogen) atoms. The van der Waals surface area contributed by atoms with Crippen molar-refractivity contribution in [1.82, 2.24) is 29.9 Å². The molecular formula is C103H66N6S. The van der Waals surface area contributed by atoms with Gasteiger partial charge in [0.1, 0.15) is 0 Å². The third kappa shape index (κ3) is 10.9. The lowest BCUT2D eigenvalue weighted by Gasteiger charge is -2.24. The van der Waals surface area contributed by atoms with Gasteiger partial charge in [0.25, 0.3) is 0 Å². The summed E-state index contributed by atoms with van der Waals surface area (Å²) in [7, 11) is 0. The van der Waals surface area contributed by atoms with Crippen molar-refractivity contribution < 1.29 is 0 Å². The summed E-state index contributed by atoms with van der Waals surface area (Å²) in [6, 6.07) is 130. The van der Waals surface area contributed by atoms with E-state index in [2.05, 4.69) is 281 Å². The maximum atomic E-state index is 5.21. The van der Waals surface area contributed by atoms with Crippen LogP contribution in [-0.2, 0) is 5.41 Å². The van der Waals surface area contributed by atoms with Crippen molar-refractivity contribution in [1.29, 1.82) is 0 Å². The van der Waals surface area contributed by atoms with Gasteiger partial charge in [0.15, 0.2) is 34.9 Å². The first kappa shape index (κ1) is 64.4. The van der Waals surface area contributed by atoms with Crippen molar-refractivity contribution in [2.45, 2.75) is 19.3 Å². The molecule has 0 saturated heterocycles. The molecule has 21 aromatic rings. The number of thiophene rings is 1. The summed E-state index contributed by atoms with van der Waals surface area (Å²) in [5, 5.41) is 20.3. The van der Waals surface area contributed by atoms with Crippen LogP contribution in [-0.4, -0.2) is 29.9 Å². The van der Waals surface area contributed by atoms with Gasteiger partial charge in [-0.15, -0.1) is 11.3 Å². The van der Waals surface area contributed by atoms with Gasteiger partial charge < -0.3 is 0 Å². The van der Waals surface area contributed by atoms with Crippen LogP contribution in [0.5, 0.6) is 0 Å². The molecule has 0 spiro atoms. The van der Waals surface area contributed by atoms with Gasteiger partial charge in [-0.25, -0.2) is 29.9 Å². The Bertz CT molecular complexity index is 7180. The van der Waals surface area contributed by atoms with E-state index in [1.165, 1.54) is 118 Å². The molecule has 6 nitrogen and oxygen atoms in total. The minimum Gasteiger partial charge on any atom is -0.208 e. The van der Waals surface area contributed by atoms with Crippen molar-refractivity contribution in [3.05, 3.63) is 375 Å². The van der Waals surface area contributed by atoms with Crippen molar-refractivity contribution in [2.24, 2.45) is 0 Å². The Kier molecular flexibility index (Phi) is 15.3. The van der Waals surface area contributed by atoms with Crippen LogP contribution in [0.25, 0.3) is 208 Å². The first-order valence-electron chi connectivity index (χ1n) is 37.5. The van der Waals surface area contributed by atoms with Crippen LogP contribution in [0.15, 0.2) is 364 Å². The maximum Gasteiger partial charge on any atom is 0.165 e. The van der Waals surface area contributed by atoms with Crippen LogP contribution in [0.2, 0.25) is 0 Å². The largest absolute Gasteiger partial charge is 0.208 e. The highest BCUT2D eigenvalue weighted by Gasteiger charge is 2.37. The minimum absolute atomic E-state index is 0.121. The van der Waals surface area contributed by atoms with Crippen LogP contribution in [0.1, 0.15) is 25.0 Å². The molecule has 3 aromatic heterocycles. The Labute approximate surface area is 639 Å². The lowest BCUT2D eigenvalue weighted by atomic mass is 9.79. The summed E-state index contributed by atoms with van der Waals surface area (Å²) in [5.74, 6) is 3.90. The second kappa shape index (κ2) is 26.2. The Morgan fingerprint density at radius 1 is 0.218 bits per heavy atom. The molecule has 0 radical (unpaired) electrons. The van der Waals surface area contributed by atoms with E-state index in [1.54, 1.807) is 0 Å². The molecule has 18 aromatic carbocycles. The van der Waals surface area contributed by atoms with Gasteiger partial charge in [0.2, 0.25) is 0 Å². The Morgan fingerprint density at radius 2 is 0.600 bits per heavy atom. The number of fused-ring (bicyclic) bond motifs is 19. The van der Waals surface area contributed by atoms with Crippen molar-refractivity contribution in [3.63, 3.8) is 0 Å². The van der Waals surface area contributed by atoms with Crippen LogP contribution >= 0.6 is 11.3 Å². The molecule has 3 heterocycles. The van der Waals surface area contributed by atoms with Gasteiger partial charge in [-0.1, -0.05) is 354 Å². The van der Waals surface area contributed by atoms with Gasteiger partial charge in [0.05, 0.1) is 0 Å². The third-order valence-corrected chi connectivity index (χ3v) is 23.6. The summed E-state index contributed by atoms with van der Waals surface area (Å²) in [4.78, 5) is 30.3. The average Bonchev–Trinajstić information content (AvgIpc) is 1.51. The van der Waals surface area contributed by atoms with Crippen LogP contribution in [0.3, 0.4) is 0 Å². The fourth-order valence-corrected chi connectivity index (χ4v) is 18.4. The topological polar surface area (TPSA) is 77.3 Å². The van der Waals surface area contributed by atoms with Gasteiger partial charge in [-0.2, -0.15) is 0 Å². The monoisotopic (exact) mass is 1420 g/mol. The van der Waals surface area contributed by atoms with E-state index in [9.17, 15) is 0 Å². The first-order chi connectivity index (χ1) is 54.3. The molecular weight excluding hydrogens is 1350 g/mol.